The van der Waals surface area contributed by atoms with Gasteiger partial charge in [0.15, 0.2) is 0 Å². The number of hydrogen-bond acceptors (Lipinski definition) is 3. The predicted octanol–water partition coefficient (Wildman–Crippen LogP) is 2.59. The standard InChI is InChI=1S/C14H18N2O2/c1-11-12(2)16(10-15-11)8-9-18-14-6-4-13(17-3)5-7-14/h4-7,10H,8-9H2,1-3H3. The van der Waals surface area contributed by atoms with E-state index in [1.165, 1.54) is 5.69 Å². The van der Waals surface area contributed by atoms with E-state index in [1.807, 2.05) is 37.5 Å². The molecule has 0 radical (unpaired) electrons. The molecule has 0 aliphatic rings. The highest BCUT2D eigenvalue weighted by Gasteiger charge is 2.01. The molecule has 0 aliphatic carbocycles. The SMILES string of the molecule is COc1ccc(OCCn2cnc(C)c2C)cc1. The zero-order valence-corrected chi connectivity index (χ0v) is 11.0. The Bertz CT molecular complexity index is 503. The average molecular weight is 246 g/mol. The van der Waals surface area contributed by atoms with Crippen molar-refractivity contribution in [1.29, 1.82) is 0 Å². The molecule has 1 aromatic carbocycles. The van der Waals surface area contributed by atoms with E-state index in [0.29, 0.717) is 6.61 Å². The van der Waals surface area contributed by atoms with Crippen LogP contribution in [0.4, 0.5) is 0 Å². The van der Waals surface area contributed by atoms with Crippen molar-refractivity contribution in [3.63, 3.8) is 0 Å². The minimum Gasteiger partial charge on any atom is -0.497 e. The molecule has 0 amide bonds. The molecule has 0 N–H and O–H groups in total. The molecule has 4 heteroatoms. The number of aromatic nitrogens is 2. The fourth-order valence-corrected chi connectivity index (χ4v) is 1.70. The summed E-state index contributed by atoms with van der Waals surface area (Å²) in [7, 11) is 1.65. The molecule has 18 heavy (non-hydrogen) atoms. The van der Waals surface area contributed by atoms with Crippen molar-refractivity contribution in [3.05, 3.63) is 42.0 Å². The van der Waals surface area contributed by atoms with Crippen LogP contribution in [0.25, 0.3) is 0 Å². The van der Waals surface area contributed by atoms with Gasteiger partial charge < -0.3 is 14.0 Å². The van der Waals surface area contributed by atoms with Gasteiger partial charge in [-0.1, -0.05) is 0 Å². The summed E-state index contributed by atoms with van der Waals surface area (Å²) in [5.74, 6) is 1.69. The summed E-state index contributed by atoms with van der Waals surface area (Å²) >= 11 is 0. The first-order chi connectivity index (χ1) is 8.70. The van der Waals surface area contributed by atoms with Crippen LogP contribution >= 0.6 is 0 Å². The van der Waals surface area contributed by atoms with Gasteiger partial charge in [0, 0.05) is 5.69 Å². The van der Waals surface area contributed by atoms with E-state index in [1.54, 1.807) is 7.11 Å². The first kappa shape index (κ1) is 12.5. The van der Waals surface area contributed by atoms with Crippen molar-refractivity contribution in [2.45, 2.75) is 20.4 Å². The van der Waals surface area contributed by atoms with Crippen molar-refractivity contribution in [2.75, 3.05) is 13.7 Å². The number of hydrogen-bond donors (Lipinski definition) is 0. The van der Waals surface area contributed by atoms with E-state index >= 15 is 0 Å². The second-order valence-electron chi connectivity index (χ2n) is 4.13. The third-order valence-corrected chi connectivity index (χ3v) is 3.01. The predicted molar refractivity (Wildman–Crippen MR) is 70.2 cm³/mol. The summed E-state index contributed by atoms with van der Waals surface area (Å²) < 4.78 is 12.9. The summed E-state index contributed by atoms with van der Waals surface area (Å²) in [5, 5.41) is 0. The quantitative estimate of drug-likeness (QED) is 0.813. The molecule has 0 saturated heterocycles. The molecule has 0 saturated carbocycles. The molecule has 0 bridgehead atoms. The van der Waals surface area contributed by atoms with E-state index in [9.17, 15) is 0 Å². The second-order valence-corrected chi connectivity index (χ2v) is 4.13. The van der Waals surface area contributed by atoms with Crippen LogP contribution in [0.5, 0.6) is 11.5 Å². The van der Waals surface area contributed by atoms with Crippen molar-refractivity contribution in [3.8, 4) is 11.5 Å². The largest absolute Gasteiger partial charge is 0.497 e. The van der Waals surface area contributed by atoms with Crippen LogP contribution in [0.3, 0.4) is 0 Å². The van der Waals surface area contributed by atoms with Gasteiger partial charge in [-0.25, -0.2) is 4.98 Å². The normalized spacial score (nSPS) is 10.4. The summed E-state index contributed by atoms with van der Waals surface area (Å²) in [6.45, 7) is 5.51. The zero-order valence-electron chi connectivity index (χ0n) is 11.0. The maximum absolute atomic E-state index is 5.67. The van der Waals surface area contributed by atoms with E-state index in [-0.39, 0.29) is 0 Å². The zero-order chi connectivity index (χ0) is 13.0. The molecule has 4 nitrogen and oxygen atoms in total. The van der Waals surface area contributed by atoms with Gasteiger partial charge in [0.1, 0.15) is 18.1 Å². The fourth-order valence-electron chi connectivity index (χ4n) is 1.70. The van der Waals surface area contributed by atoms with Crippen LogP contribution in [0.2, 0.25) is 0 Å². The molecular weight excluding hydrogens is 228 g/mol. The number of nitrogens with zero attached hydrogens (tertiary/aromatic N) is 2. The fraction of sp³-hybridized carbons (Fsp3) is 0.357. The van der Waals surface area contributed by atoms with Crippen molar-refractivity contribution in [2.24, 2.45) is 0 Å². The molecule has 1 heterocycles. The van der Waals surface area contributed by atoms with E-state index in [0.717, 1.165) is 23.7 Å². The van der Waals surface area contributed by atoms with Crippen LogP contribution in [0.15, 0.2) is 30.6 Å². The van der Waals surface area contributed by atoms with Crippen LogP contribution in [0.1, 0.15) is 11.4 Å². The second kappa shape index (κ2) is 5.58. The molecule has 0 fully saturated rings. The lowest BCUT2D eigenvalue weighted by molar-refractivity contribution is 0.296. The smallest absolute Gasteiger partial charge is 0.119 e. The van der Waals surface area contributed by atoms with Gasteiger partial charge in [-0.3, -0.25) is 0 Å². The molecule has 0 aliphatic heterocycles. The molecule has 2 rings (SSSR count). The van der Waals surface area contributed by atoms with Gasteiger partial charge in [-0.2, -0.15) is 0 Å². The number of aryl methyl sites for hydroxylation is 1. The summed E-state index contributed by atoms with van der Waals surface area (Å²) in [6, 6.07) is 7.60. The lowest BCUT2D eigenvalue weighted by Crippen LogP contribution is -2.08. The van der Waals surface area contributed by atoms with Gasteiger partial charge in [0.2, 0.25) is 0 Å². The number of methoxy groups -OCH3 is 1. The van der Waals surface area contributed by atoms with Gasteiger partial charge >= 0.3 is 0 Å². The first-order valence-corrected chi connectivity index (χ1v) is 5.96. The molecule has 2 aromatic rings. The Morgan fingerprint density at radius 1 is 1.11 bits per heavy atom. The first-order valence-electron chi connectivity index (χ1n) is 5.96. The Kier molecular flexibility index (Phi) is 3.87. The number of rotatable bonds is 5. The van der Waals surface area contributed by atoms with E-state index < -0.39 is 0 Å². The Balaban J connectivity index is 1.86. The lowest BCUT2D eigenvalue weighted by Gasteiger charge is -2.08. The molecular formula is C14H18N2O2. The molecule has 1 aromatic heterocycles. The molecule has 0 unspecified atom stereocenters. The van der Waals surface area contributed by atoms with Crippen molar-refractivity contribution >= 4 is 0 Å². The Morgan fingerprint density at radius 2 is 1.78 bits per heavy atom. The van der Waals surface area contributed by atoms with Gasteiger partial charge in [0.05, 0.1) is 25.7 Å². The summed E-state index contributed by atoms with van der Waals surface area (Å²) in [5.41, 5.74) is 2.26. The lowest BCUT2D eigenvalue weighted by atomic mass is 10.3. The Labute approximate surface area is 107 Å². The summed E-state index contributed by atoms with van der Waals surface area (Å²) in [4.78, 5) is 4.26. The Morgan fingerprint density at radius 3 is 2.33 bits per heavy atom. The highest BCUT2D eigenvalue weighted by atomic mass is 16.5. The van der Waals surface area contributed by atoms with E-state index in [4.69, 9.17) is 9.47 Å². The minimum absolute atomic E-state index is 0.628. The van der Waals surface area contributed by atoms with Crippen LogP contribution in [-0.4, -0.2) is 23.3 Å². The highest BCUT2D eigenvalue weighted by Crippen LogP contribution is 2.17. The van der Waals surface area contributed by atoms with Crippen molar-refractivity contribution < 1.29 is 9.47 Å². The monoisotopic (exact) mass is 246 g/mol. The van der Waals surface area contributed by atoms with Gasteiger partial charge in [0.25, 0.3) is 0 Å². The summed E-state index contributed by atoms with van der Waals surface area (Å²) in [6.07, 6.45) is 1.85. The van der Waals surface area contributed by atoms with Gasteiger partial charge in [-0.15, -0.1) is 0 Å². The van der Waals surface area contributed by atoms with Gasteiger partial charge in [-0.05, 0) is 38.1 Å². The maximum Gasteiger partial charge on any atom is 0.119 e. The molecule has 96 valence electrons. The topological polar surface area (TPSA) is 36.3 Å². The highest BCUT2D eigenvalue weighted by molar-refractivity contribution is 5.31. The minimum atomic E-state index is 0.628. The van der Waals surface area contributed by atoms with Crippen molar-refractivity contribution in [1.82, 2.24) is 9.55 Å². The third kappa shape index (κ3) is 2.83. The maximum atomic E-state index is 5.67. The van der Waals surface area contributed by atoms with E-state index in [2.05, 4.69) is 16.5 Å². The number of imidazole rings is 1. The Hall–Kier alpha value is -1.97. The van der Waals surface area contributed by atoms with Crippen LogP contribution < -0.4 is 9.47 Å². The van der Waals surface area contributed by atoms with Crippen LogP contribution in [0, 0.1) is 13.8 Å². The number of ether oxygens (including phenoxy) is 2. The third-order valence-electron chi connectivity index (χ3n) is 3.01. The molecule has 0 spiro atoms. The van der Waals surface area contributed by atoms with Crippen LogP contribution in [-0.2, 0) is 6.54 Å². The average Bonchev–Trinajstić information content (AvgIpc) is 2.71. The molecule has 0 atom stereocenters. The number of benzene rings is 1.